The van der Waals surface area contributed by atoms with Crippen LogP contribution in [0, 0.1) is 0 Å². The van der Waals surface area contributed by atoms with E-state index in [1.54, 1.807) is 12.3 Å². The largest absolute Gasteiger partial charge is 0.361 e. The van der Waals surface area contributed by atoms with Crippen LogP contribution in [0.25, 0.3) is 10.9 Å². The van der Waals surface area contributed by atoms with Gasteiger partial charge < -0.3 is 4.98 Å². The van der Waals surface area contributed by atoms with E-state index in [4.69, 9.17) is 0 Å². The molecule has 2 heterocycles. The van der Waals surface area contributed by atoms with Gasteiger partial charge in [0.1, 0.15) is 0 Å². The number of carbonyl (C=O) groups excluding carboxylic acids is 3. The fourth-order valence-corrected chi connectivity index (χ4v) is 2.53. The molecule has 1 atom stereocenters. The Bertz CT molecular complexity index is 687. The van der Waals surface area contributed by atoms with Crippen LogP contribution in [0.3, 0.4) is 0 Å². The number of imide groups is 1. The molecule has 1 aromatic carbocycles. The van der Waals surface area contributed by atoms with E-state index in [1.807, 2.05) is 12.1 Å². The zero-order valence-corrected chi connectivity index (χ0v) is 10.1. The van der Waals surface area contributed by atoms with Crippen molar-refractivity contribution in [2.45, 2.75) is 18.8 Å². The van der Waals surface area contributed by atoms with Crippen molar-refractivity contribution in [3.8, 4) is 0 Å². The van der Waals surface area contributed by atoms with E-state index in [1.165, 1.54) is 0 Å². The molecular formula is C14H12N2O3. The SMILES string of the molecule is O=Cc1cc(C2CCC(=O)NC2=O)cc2[nH]ccc12. The quantitative estimate of drug-likeness (QED) is 0.631. The maximum Gasteiger partial charge on any atom is 0.234 e. The summed E-state index contributed by atoms with van der Waals surface area (Å²) in [6.07, 6.45) is 3.35. The zero-order chi connectivity index (χ0) is 13.4. The summed E-state index contributed by atoms with van der Waals surface area (Å²) in [7, 11) is 0. The summed E-state index contributed by atoms with van der Waals surface area (Å²) in [4.78, 5) is 37.2. The zero-order valence-electron chi connectivity index (χ0n) is 10.1. The smallest absolute Gasteiger partial charge is 0.234 e. The second kappa shape index (κ2) is 4.35. The van der Waals surface area contributed by atoms with Gasteiger partial charge in [-0.3, -0.25) is 19.7 Å². The van der Waals surface area contributed by atoms with Crippen LogP contribution in [-0.4, -0.2) is 23.1 Å². The first-order valence-electron chi connectivity index (χ1n) is 6.09. The monoisotopic (exact) mass is 256 g/mol. The minimum absolute atomic E-state index is 0.238. The average Bonchev–Trinajstić information content (AvgIpc) is 2.85. The molecule has 1 saturated heterocycles. The van der Waals surface area contributed by atoms with E-state index in [9.17, 15) is 14.4 Å². The Hall–Kier alpha value is -2.43. The molecule has 2 N–H and O–H groups in total. The highest BCUT2D eigenvalue weighted by Gasteiger charge is 2.28. The van der Waals surface area contributed by atoms with Crippen LogP contribution in [0.15, 0.2) is 24.4 Å². The molecule has 5 heteroatoms. The Kier molecular flexibility index (Phi) is 2.67. The third-order valence-corrected chi connectivity index (χ3v) is 3.49. The molecule has 0 bridgehead atoms. The molecule has 0 radical (unpaired) electrons. The van der Waals surface area contributed by atoms with E-state index in [0.29, 0.717) is 18.4 Å². The number of nitrogens with one attached hydrogen (secondary N) is 2. The highest BCUT2D eigenvalue weighted by atomic mass is 16.2. The van der Waals surface area contributed by atoms with E-state index < -0.39 is 0 Å². The van der Waals surface area contributed by atoms with Crippen molar-refractivity contribution in [2.75, 3.05) is 0 Å². The minimum Gasteiger partial charge on any atom is -0.361 e. The number of aldehydes is 1. The van der Waals surface area contributed by atoms with Crippen molar-refractivity contribution >= 4 is 29.0 Å². The Morgan fingerprint density at radius 2 is 2.11 bits per heavy atom. The maximum atomic E-state index is 11.8. The lowest BCUT2D eigenvalue weighted by molar-refractivity contribution is -0.134. The van der Waals surface area contributed by atoms with Crippen LogP contribution in [-0.2, 0) is 9.59 Å². The first-order chi connectivity index (χ1) is 9.19. The second-order valence-electron chi connectivity index (χ2n) is 4.67. The molecule has 1 aromatic heterocycles. The number of aromatic nitrogens is 1. The Morgan fingerprint density at radius 1 is 1.26 bits per heavy atom. The number of hydrogen-bond donors (Lipinski definition) is 2. The fourth-order valence-electron chi connectivity index (χ4n) is 2.53. The molecule has 2 amide bonds. The van der Waals surface area contributed by atoms with Gasteiger partial charge in [-0.1, -0.05) is 0 Å². The topological polar surface area (TPSA) is 79.0 Å². The molecule has 0 spiro atoms. The normalized spacial score (nSPS) is 19.5. The fraction of sp³-hybridized carbons (Fsp3) is 0.214. The number of carbonyl (C=O) groups is 3. The van der Waals surface area contributed by atoms with Gasteiger partial charge in [-0.05, 0) is 30.2 Å². The molecule has 1 fully saturated rings. The number of amides is 2. The van der Waals surface area contributed by atoms with Crippen molar-refractivity contribution in [1.29, 1.82) is 0 Å². The molecule has 1 aliphatic rings. The van der Waals surface area contributed by atoms with Gasteiger partial charge in [-0.15, -0.1) is 0 Å². The van der Waals surface area contributed by atoms with Crippen LogP contribution in [0.1, 0.15) is 34.7 Å². The molecule has 5 nitrogen and oxygen atoms in total. The van der Waals surface area contributed by atoms with Gasteiger partial charge in [-0.25, -0.2) is 0 Å². The number of fused-ring (bicyclic) bond motifs is 1. The lowest BCUT2D eigenvalue weighted by Gasteiger charge is -2.21. The minimum atomic E-state index is -0.371. The molecule has 0 saturated carbocycles. The summed E-state index contributed by atoms with van der Waals surface area (Å²) in [6.45, 7) is 0. The lowest BCUT2D eigenvalue weighted by Crippen LogP contribution is -2.39. The predicted molar refractivity (Wildman–Crippen MR) is 68.8 cm³/mol. The third kappa shape index (κ3) is 1.93. The number of piperidine rings is 1. The summed E-state index contributed by atoms with van der Waals surface area (Å²) in [5.74, 6) is -0.902. The molecule has 1 aliphatic heterocycles. The molecule has 1 unspecified atom stereocenters. The molecule has 0 aliphatic carbocycles. The number of hydrogen-bond acceptors (Lipinski definition) is 3. The Labute approximate surface area is 109 Å². The molecular weight excluding hydrogens is 244 g/mol. The van der Waals surface area contributed by atoms with Crippen molar-refractivity contribution in [3.63, 3.8) is 0 Å². The first kappa shape index (κ1) is 11.6. The standard InChI is InChI=1S/C14H12N2O3/c17-7-9-5-8(6-12-10(9)3-4-15-12)11-1-2-13(18)16-14(11)19/h3-7,11,15H,1-2H2,(H,16,18,19). The van der Waals surface area contributed by atoms with E-state index in [2.05, 4.69) is 10.3 Å². The molecule has 2 aromatic rings. The van der Waals surface area contributed by atoms with E-state index in [-0.39, 0.29) is 17.7 Å². The Balaban J connectivity index is 2.07. The number of rotatable bonds is 2. The number of benzene rings is 1. The predicted octanol–water partition coefficient (Wildman–Crippen LogP) is 1.50. The van der Waals surface area contributed by atoms with Gasteiger partial charge in [-0.2, -0.15) is 0 Å². The summed E-state index contributed by atoms with van der Waals surface area (Å²) in [6, 6.07) is 5.42. The summed E-state index contributed by atoms with van der Waals surface area (Å²) in [5.41, 5.74) is 2.14. The highest BCUT2D eigenvalue weighted by Crippen LogP contribution is 2.29. The van der Waals surface area contributed by atoms with Crippen molar-refractivity contribution in [1.82, 2.24) is 10.3 Å². The third-order valence-electron chi connectivity index (χ3n) is 3.49. The lowest BCUT2D eigenvalue weighted by atomic mass is 9.89. The van der Waals surface area contributed by atoms with Gasteiger partial charge in [0.15, 0.2) is 6.29 Å². The van der Waals surface area contributed by atoms with Gasteiger partial charge in [0.05, 0.1) is 5.92 Å². The van der Waals surface area contributed by atoms with Gasteiger partial charge in [0.25, 0.3) is 0 Å². The van der Waals surface area contributed by atoms with Crippen LogP contribution in [0.4, 0.5) is 0 Å². The van der Waals surface area contributed by atoms with Crippen LogP contribution >= 0.6 is 0 Å². The van der Waals surface area contributed by atoms with Gasteiger partial charge in [0.2, 0.25) is 11.8 Å². The van der Waals surface area contributed by atoms with Crippen molar-refractivity contribution in [2.24, 2.45) is 0 Å². The van der Waals surface area contributed by atoms with E-state index >= 15 is 0 Å². The summed E-state index contributed by atoms with van der Waals surface area (Å²) in [5, 5.41) is 3.17. The highest BCUT2D eigenvalue weighted by molar-refractivity contribution is 6.02. The molecule has 3 rings (SSSR count). The number of H-pyrrole nitrogens is 1. The molecule has 96 valence electrons. The second-order valence-corrected chi connectivity index (χ2v) is 4.67. The van der Waals surface area contributed by atoms with Gasteiger partial charge in [0, 0.05) is 29.1 Å². The van der Waals surface area contributed by atoms with Crippen LogP contribution in [0.5, 0.6) is 0 Å². The van der Waals surface area contributed by atoms with E-state index in [0.717, 1.165) is 22.8 Å². The summed E-state index contributed by atoms with van der Waals surface area (Å²) < 4.78 is 0. The Morgan fingerprint density at radius 3 is 2.84 bits per heavy atom. The maximum absolute atomic E-state index is 11.8. The van der Waals surface area contributed by atoms with Crippen molar-refractivity contribution < 1.29 is 14.4 Å². The van der Waals surface area contributed by atoms with Crippen LogP contribution < -0.4 is 5.32 Å². The van der Waals surface area contributed by atoms with Crippen molar-refractivity contribution in [3.05, 3.63) is 35.5 Å². The average molecular weight is 256 g/mol. The molecule has 19 heavy (non-hydrogen) atoms. The first-order valence-corrected chi connectivity index (χ1v) is 6.09. The van der Waals surface area contributed by atoms with Gasteiger partial charge >= 0.3 is 0 Å². The number of aromatic amines is 1. The van der Waals surface area contributed by atoms with Crippen LogP contribution in [0.2, 0.25) is 0 Å². The summed E-state index contributed by atoms with van der Waals surface area (Å²) >= 11 is 0.